The minimum absolute atomic E-state index is 0.00645. The van der Waals surface area contributed by atoms with Crippen molar-refractivity contribution in [1.82, 2.24) is 46.3 Å². The van der Waals surface area contributed by atoms with Gasteiger partial charge in [0.2, 0.25) is 47.3 Å². The van der Waals surface area contributed by atoms with Crippen molar-refractivity contribution < 1.29 is 106 Å². The molecule has 0 bridgehead atoms. The number of carbonyl (C=O) groups is 12. The van der Waals surface area contributed by atoms with Gasteiger partial charge in [0, 0.05) is 121 Å². The number of hydrogen-bond donors (Lipinski definition) is 7. The molecule has 7 atom stereocenters. The maximum atomic E-state index is 14.4. The SMILES string of the molecule is CCCCCCCCCC(=O)NCCOCCOCCC(=O)NCCOCCOCCC(=O)NCCCC[C@H](NC(=O)CCCN1C(=O)CC(SC)C1=O)C(=O)CCCCC(=O)Nc1cc(C[C@@H](CCC)NC(=O)c2csc([C@@H](C[C@H](C(C)C)N(C)C(=O)[C@@H](CC(=O)C(C)(C)N(C)C)[C@@H](C)CC)OC(C)=O)n2)ccc1O.O=C=O.O=C=O. The number of unbranched alkanes of at least 4 members (excludes halogenated alkanes) is 8. The van der Waals surface area contributed by atoms with Gasteiger partial charge in [-0.2, -0.15) is 30.9 Å². The Morgan fingerprint density at radius 3 is 1.77 bits per heavy atom. The molecule has 2 aromatic rings. The van der Waals surface area contributed by atoms with Gasteiger partial charge in [-0.15, -0.1) is 11.3 Å². The fraction of sp³-hybridized carbons (Fsp3) is 0.723. The second-order valence-electron chi connectivity index (χ2n) is 30.0. The number of likely N-dealkylation sites (N-methyl/N-ethyl adjacent to an activating group) is 1. The highest BCUT2D eigenvalue weighted by molar-refractivity contribution is 8.00. The van der Waals surface area contributed by atoms with Crippen molar-refractivity contribution in [3.8, 4) is 5.75 Å². The zero-order valence-electron chi connectivity index (χ0n) is 71.4. The number of nitrogens with zero attached hydrogens (tertiary/aromatic N) is 4. The van der Waals surface area contributed by atoms with Gasteiger partial charge in [0.25, 0.3) is 5.91 Å². The Labute approximate surface area is 699 Å². The highest BCUT2D eigenvalue weighted by atomic mass is 32.2. The quantitative estimate of drug-likeness (QED) is 0.0141. The number of amides is 9. The lowest BCUT2D eigenvalue weighted by Gasteiger charge is -2.38. The standard InChI is InChI=1S/C81H134N10O18S2.2CO2/c1-14-17-18-19-20-21-22-31-71(96)83-39-44-107-48-47-106-43-37-73(98)84-40-45-108-49-46-105-42-36-72(97)82-38-26-25-29-62(86-75(100)33-27-41-91-76(101)54-69(110-13)80(91)104)66(93)30-23-24-32-74(99)87-63-51-59(34-35-67(63)94)50-60(28-15-2)85-77(102)64-55-111-78(88-64)68(109-58(7)92)53-65(56(4)5)90(12)79(103)61(57(6)16-3)52-70(95)81(8,9)89(10)11;2*2-1-3/h34-35,51,55-57,60-62,65,68-69,94H,14-33,36-50,52-54H2,1-13H3,(H,82,97)(H,83,96)(H,84,98)(H,85,102)(H,86,100)(H,87,99);;/t57-,60+,61-,62-,65+,68+,69?;;/m0../s1. The minimum Gasteiger partial charge on any atom is -0.506 e. The number of ether oxygens (including phenoxy) is 5. The van der Waals surface area contributed by atoms with E-state index in [-0.39, 0.29) is 192 Å². The summed E-state index contributed by atoms with van der Waals surface area (Å²) < 4.78 is 27.9. The van der Waals surface area contributed by atoms with Crippen molar-refractivity contribution in [3.05, 3.63) is 39.8 Å². The second kappa shape index (κ2) is 62.9. The average Bonchev–Trinajstić information content (AvgIpc) is 1.66. The van der Waals surface area contributed by atoms with Crippen LogP contribution in [0.25, 0.3) is 0 Å². The number of ketones is 2. The number of hydrogen-bond acceptors (Lipinski definition) is 26. The van der Waals surface area contributed by atoms with Gasteiger partial charge in [-0.3, -0.25) is 67.3 Å². The van der Waals surface area contributed by atoms with E-state index in [2.05, 4.69) is 43.8 Å². The Morgan fingerprint density at radius 2 is 1.21 bits per heavy atom. The average molecular weight is 1690 g/mol. The Morgan fingerprint density at radius 1 is 0.667 bits per heavy atom. The molecule has 3 rings (SSSR count). The van der Waals surface area contributed by atoms with Crippen molar-refractivity contribution in [2.45, 2.75) is 264 Å². The van der Waals surface area contributed by atoms with Gasteiger partial charge in [0.15, 0.2) is 17.7 Å². The van der Waals surface area contributed by atoms with E-state index in [9.17, 15) is 62.6 Å². The molecule has 1 aliphatic rings. The molecule has 7 N–H and O–H groups in total. The summed E-state index contributed by atoms with van der Waals surface area (Å²) in [5.41, 5.74) is 0.211. The molecule has 660 valence electrons. The number of Topliss-reactive ketones (excluding diaryl/α,β-unsaturated/α-hetero) is 2. The summed E-state index contributed by atoms with van der Waals surface area (Å²) >= 11 is 2.47. The van der Waals surface area contributed by atoms with Crippen molar-refractivity contribution in [3.63, 3.8) is 0 Å². The Balaban J connectivity index is 0.0000110. The Hall–Kier alpha value is -8.20. The highest BCUT2D eigenvalue weighted by Crippen LogP contribution is 2.34. The third kappa shape index (κ3) is 45.5. The predicted molar refractivity (Wildman–Crippen MR) is 441 cm³/mol. The van der Waals surface area contributed by atoms with Crippen molar-refractivity contribution in [2.24, 2.45) is 17.8 Å². The fourth-order valence-corrected chi connectivity index (χ4v) is 14.1. The molecule has 1 fully saturated rings. The number of thiazole rings is 1. The van der Waals surface area contributed by atoms with Gasteiger partial charge >= 0.3 is 18.3 Å². The summed E-state index contributed by atoms with van der Waals surface area (Å²) in [6.45, 7) is 20.5. The van der Waals surface area contributed by atoms with Crippen LogP contribution in [0.4, 0.5) is 5.69 Å². The van der Waals surface area contributed by atoms with Crippen molar-refractivity contribution in [2.75, 3.05) is 112 Å². The third-order valence-corrected chi connectivity index (χ3v) is 22.1. The molecule has 34 heteroatoms. The van der Waals surface area contributed by atoms with Crippen LogP contribution in [-0.2, 0) is 102 Å². The number of anilines is 1. The molecule has 1 aromatic heterocycles. The number of aromatic hydroxyl groups is 1. The molecule has 2 heterocycles. The van der Waals surface area contributed by atoms with Crippen LogP contribution >= 0.6 is 23.1 Å². The number of phenolic OH excluding ortho intramolecular Hbond substituents is 1. The normalized spacial score (nSPS) is 14.0. The summed E-state index contributed by atoms with van der Waals surface area (Å²) in [6.07, 6.45) is 15.1. The van der Waals surface area contributed by atoms with Crippen LogP contribution in [0.5, 0.6) is 5.75 Å². The van der Waals surface area contributed by atoms with Crippen LogP contribution < -0.4 is 31.9 Å². The molecule has 1 unspecified atom stereocenters. The summed E-state index contributed by atoms with van der Waals surface area (Å²) in [7, 11) is 5.40. The third-order valence-electron chi connectivity index (χ3n) is 20.2. The number of esters is 1. The Bertz CT molecular complexity index is 3390. The van der Waals surface area contributed by atoms with Crippen LogP contribution in [0.2, 0.25) is 0 Å². The van der Waals surface area contributed by atoms with Crippen LogP contribution in [0, 0.1) is 17.8 Å². The van der Waals surface area contributed by atoms with Crippen molar-refractivity contribution in [1.29, 1.82) is 0 Å². The number of phenols is 1. The first kappa shape index (κ1) is 107. The molecule has 0 spiro atoms. The number of carbonyl (C=O) groups excluding carboxylic acids is 16. The number of likely N-dealkylation sites (tertiary alicyclic amines) is 1. The number of aromatic nitrogens is 1. The van der Waals surface area contributed by atoms with E-state index in [0.717, 1.165) is 12.8 Å². The summed E-state index contributed by atoms with van der Waals surface area (Å²) in [4.78, 5) is 199. The Kier molecular flexibility index (Phi) is 57.4. The van der Waals surface area contributed by atoms with E-state index in [1.165, 1.54) is 73.1 Å². The topological polar surface area (TPSA) is 434 Å². The molecule has 9 amide bonds. The van der Waals surface area contributed by atoms with E-state index in [0.29, 0.717) is 108 Å². The van der Waals surface area contributed by atoms with E-state index < -0.39 is 64.6 Å². The molecule has 117 heavy (non-hydrogen) atoms. The summed E-state index contributed by atoms with van der Waals surface area (Å²) in [5.74, 6) is -4.14. The molecule has 0 radical (unpaired) electrons. The molecular formula is C83H134N10O22S2. The molecule has 32 nitrogen and oxygen atoms in total. The molecule has 0 saturated carbocycles. The van der Waals surface area contributed by atoms with Gasteiger partial charge < -0.3 is 65.6 Å². The number of benzene rings is 1. The largest absolute Gasteiger partial charge is 0.506 e. The summed E-state index contributed by atoms with van der Waals surface area (Å²) in [6, 6.07) is 3.11. The number of imide groups is 1. The molecular weight excluding hydrogens is 1550 g/mol. The molecule has 1 saturated heterocycles. The van der Waals surface area contributed by atoms with Crippen molar-refractivity contribution >= 4 is 112 Å². The van der Waals surface area contributed by atoms with Gasteiger partial charge in [-0.05, 0) is 122 Å². The first-order chi connectivity index (χ1) is 55.8. The van der Waals surface area contributed by atoms with E-state index in [1.807, 2.05) is 67.5 Å². The lowest BCUT2D eigenvalue weighted by atomic mass is 9.81. The number of rotatable bonds is 63. The zero-order valence-corrected chi connectivity index (χ0v) is 73.1. The monoisotopic (exact) mass is 1690 g/mol. The first-order valence-electron chi connectivity index (χ1n) is 41.1. The first-order valence-corrected chi connectivity index (χ1v) is 43.3. The van der Waals surface area contributed by atoms with Gasteiger partial charge in [0.05, 0.1) is 75.4 Å². The van der Waals surface area contributed by atoms with Crippen LogP contribution in [-0.4, -0.2) is 243 Å². The smallest absolute Gasteiger partial charge is 0.373 e. The minimum atomic E-state index is -0.890. The maximum Gasteiger partial charge on any atom is 0.373 e. The zero-order chi connectivity index (χ0) is 87.7. The maximum absolute atomic E-state index is 14.4. The predicted octanol–water partition coefficient (Wildman–Crippen LogP) is 8.59. The van der Waals surface area contributed by atoms with Crippen LogP contribution in [0.3, 0.4) is 0 Å². The number of thioether (sulfide) groups is 1. The van der Waals surface area contributed by atoms with Gasteiger partial charge in [-0.25, -0.2) is 4.98 Å². The van der Waals surface area contributed by atoms with E-state index in [1.54, 1.807) is 35.7 Å². The lowest BCUT2D eigenvalue weighted by molar-refractivity contribution is -0.193. The molecule has 1 aromatic carbocycles. The fourth-order valence-electron chi connectivity index (χ4n) is 12.6. The van der Waals surface area contributed by atoms with E-state index in [4.69, 9.17) is 42.9 Å². The highest BCUT2D eigenvalue weighted by Gasteiger charge is 2.40. The van der Waals surface area contributed by atoms with Gasteiger partial charge in [0.1, 0.15) is 16.5 Å². The number of nitrogens with one attached hydrogen (secondary N) is 6. The van der Waals surface area contributed by atoms with Gasteiger partial charge in [-0.1, -0.05) is 99.0 Å². The molecule has 1 aliphatic heterocycles. The van der Waals surface area contributed by atoms with Crippen LogP contribution in [0.15, 0.2) is 23.6 Å². The van der Waals surface area contributed by atoms with Crippen LogP contribution in [0.1, 0.15) is 250 Å². The molecule has 0 aliphatic carbocycles. The lowest BCUT2D eigenvalue weighted by Crippen LogP contribution is -2.50. The van der Waals surface area contributed by atoms with E-state index >= 15 is 0 Å². The second-order valence-corrected chi connectivity index (χ2v) is 32.0. The summed E-state index contributed by atoms with van der Waals surface area (Å²) in [5, 5.41) is 29.7.